The van der Waals surface area contributed by atoms with E-state index in [1.165, 1.54) is 39.0 Å². The van der Waals surface area contributed by atoms with Gasteiger partial charge in [-0.25, -0.2) is 0 Å². The first-order valence-corrected chi connectivity index (χ1v) is 10.1. The molecule has 2 amide bonds. The second-order valence-corrected chi connectivity index (χ2v) is 7.29. The van der Waals surface area contributed by atoms with Crippen LogP contribution in [0.5, 0.6) is 23.0 Å². The highest BCUT2D eigenvalue weighted by Gasteiger charge is 2.17. The summed E-state index contributed by atoms with van der Waals surface area (Å²) in [5.41, 5.74) is 6.22. The van der Waals surface area contributed by atoms with Gasteiger partial charge in [-0.05, 0) is 48.0 Å². The molecular weight excluding hydrogens is 434 g/mol. The molecule has 0 aromatic heterocycles. The third-order valence-corrected chi connectivity index (χ3v) is 4.59. The lowest BCUT2D eigenvalue weighted by Gasteiger charge is -2.15. The van der Waals surface area contributed by atoms with Crippen LogP contribution in [-0.2, 0) is 4.79 Å². The summed E-state index contributed by atoms with van der Waals surface area (Å²) < 4.78 is 21.1. The molecule has 0 spiro atoms. The Morgan fingerprint density at radius 2 is 1.53 bits per heavy atom. The van der Waals surface area contributed by atoms with Crippen LogP contribution in [0.4, 0.5) is 0 Å². The highest BCUT2D eigenvalue weighted by atomic mass is 32.1. The number of hydrogen-bond acceptors (Lipinski definition) is 7. The van der Waals surface area contributed by atoms with Gasteiger partial charge in [0.2, 0.25) is 5.75 Å². The van der Waals surface area contributed by atoms with E-state index in [9.17, 15) is 9.59 Å². The summed E-state index contributed by atoms with van der Waals surface area (Å²) >= 11 is 5.05. The smallest absolute Gasteiger partial charge is 0.276 e. The van der Waals surface area contributed by atoms with Crippen LogP contribution in [0.3, 0.4) is 0 Å². The minimum absolute atomic E-state index is 0.0987. The highest BCUT2D eigenvalue weighted by Crippen LogP contribution is 2.38. The van der Waals surface area contributed by atoms with Gasteiger partial charge in [0, 0.05) is 5.56 Å². The normalized spacial score (nSPS) is 10.2. The Labute approximate surface area is 192 Å². The van der Waals surface area contributed by atoms with Crippen molar-refractivity contribution in [2.24, 2.45) is 0 Å². The van der Waals surface area contributed by atoms with Crippen LogP contribution in [0.15, 0.2) is 36.4 Å². The van der Waals surface area contributed by atoms with Gasteiger partial charge in [0.25, 0.3) is 11.8 Å². The number of carbonyl (C=O) groups is 2. The maximum Gasteiger partial charge on any atom is 0.276 e. The first-order valence-electron chi connectivity index (χ1n) is 9.72. The van der Waals surface area contributed by atoms with Crippen molar-refractivity contribution >= 4 is 29.1 Å². The Bertz CT molecular complexity index is 938. The summed E-state index contributed by atoms with van der Waals surface area (Å²) in [5, 5.41) is 2.36. The number of nitrogens with one attached hydrogen (secondary N) is 3. The van der Waals surface area contributed by atoms with Crippen molar-refractivity contribution in [1.29, 1.82) is 0 Å². The molecule has 0 atom stereocenters. The fraction of sp³-hybridized carbons (Fsp3) is 0.318. The second-order valence-electron chi connectivity index (χ2n) is 6.88. The molecule has 172 valence electrons. The predicted octanol–water partition coefficient (Wildman–Crippen LogP) is 2.55. The summed E-state index contributed by atoms with van der Waals surface area (Å²) in [6.45, 7) is 3.97. The lowest BCUT2D eigenvalue weighted by atomic mass is 10.0. The summed E-state index contributed by atoms with van der Waals surface area (Å²) in [5.74, 6) is 0.986. The van der Waals surface area contributed by atoms with Crippen molar-refractivity contribution < 1.29 is 28.5 Å². The van der Waals surface area contributed by atoms with Crippen LogP contribution >= 0.6 is 12.2 Å². The topological polar surface area (TPSA) is 107 Å². The number of carbonyl (C=O) groups excluding carboxylic acids is 2. The SMILES string of the molecule is COc1cc(C(=O)NC(=S)NNC(=O)COc2ccc(C(C)C)cc2)cc(OC)c1OC. The van der Waals surface area contributed by atoms with E-state index < -0.39 is 11.8 Å². The molecule has 0 saturated carbocycles. The molecule has 2 aromatic rings. The molecule has 0 saturated heterocycles. The van der Waals surface area contributed by atoms with Crippen molar-refractivity contribution in [2.75, 3.05) is 27.9 Å². The molecule has 0 unspecified atom stereocenters. The van der Waals surface area contributed by atoms with Crippen LogP contribution < -0.4 is 35.1 Å². The Kier molecular flexibility index (Phi) is 9.08. The number of hydrazine groups is 1. The van der Waals surface area contributed by atoms with Crippen molar-refractivity contribution in [3.8, 4) is 23.0 Å². The van der Waals surface area contributed by atoms with Crippen molar-refractivity contribution in [1.82, 2.24) is 16.2 Å². The van der Waals surface area contributed by atoms with Crippen molar-refractivity contribution in [3.63, 3.8) is 0 Å². The molecule has 32 heavy (non-hydrogen) atoms. The van der Waals surface area contributed by atoms with Crippen LogP contribution in [0.25, 0.3) is 0 Å². The van der Waals surface area contributed by atoms with E-state index in [0.29, 0.717) is 28.9 Å². The molecule has 9 nitrogen and oxygen atoms in total. The number of ether oxygens (including phenoxy) is 4. The molecule has 0 bridgehead atoms. The molecule has 0 fully saturated rings. The van der Waals surface area contributed by atoms with E-state index in [2.05, 4.69) is 30.0 Å². The number of thiocarbonyl (C=S) groups is 1. The fourth-order valence-corrected chi connectivity index (χ4v) is 2.82. The summed E-state index contributed by atoms with van der Waals surface area (Å²) in [4.78, 5) is 24.5. The molecule has 2 rings (SSSR count). The van der Waals surface area contributed by atoms with Crippen molar-refractivity contribution in [3.05, 3.63) is 47.5 Å². The maximum absolute atomic E-state index is 12.5. The Balaban J connectivity index is 1.85. The molecular formula is C22H27N3O6S. The molecule has 0 radical (unpaired) electrons. The van der Waals surface area contributed by atoms with Gasteiger partial charge in [-0.1, -0.05) is 26.0 Å². The average Bonchev–Trinajstić information content (AvgIpc) is 2.80. The van der Waals surface area contributed by atoms with Crippen molar-refractivity contribution in [2.45, 2.75) is 19.8 Å². The van der Waals surface area contributed by atoms with Gasteiger partial charge in [-0.3, -0.25) is 25.8 Å². The summed E-state index contributed by atoms with van der Waals surface area (Å²) in [7, 11) is 4.36. The molecule has 2 aromatic carbocycles. The van der Waals surface area contributed by atoms with Crippen LogP contribution in [-0.4, -0.2) is 44.9 Å². The zero-order chi connectivity index (χ0) is 23.7. The van der Waals surface area contributed by atoms with Gasteiger partial charge in [-0.2, -0.15) is 0 Å². The number of rotatable bonds is 8. The summed E-state index contributed by atoms with van der Waals surface area (Å²) in [6.07, 6.45) is 0. The zero-order valence-corrected chi connectivity index (χ0v) is 19.4. The van der Waals surface area contributed by atoms with Gasteiger partial charge >= 0.3 is 0 Å². The van der Waals surface area contributed by atoms with Gasteiger partial charge in [0.15, 0.2) is 23.2 Å². The van der Waals surface area contributed by atoms with E-state index in [4.69, 9.17) is 31.2 Å². The lowest BCUT2D eigenvalue weighted by Crippen LogP contribution is -2.49. The monoisotopic (exact) mass is 461 g/mol. The first kappa shape index (κ1) is 24.7. The Morgan fingerprint density at radius 3 is 2.03 bits per heavy atom. The predicted molar refractivity (Wildman–Crippen MR) is 123 cm³/mol. The average molecular weight is 462 g/mol. The van der Waals surface area contributed by atoms with Gasteiger partial charge < -0.3 is 18.9 Å². The number of amides is 2. The third kappa shape index (κ3) is 6.74. The number of hydrogen-bond donors (Lipinski definition) is 3. The zero-order valence-electron chi connectivity index (χ0n) is 18.6. The van der Waals surface area contributed by atoms with Gasteiger partial charge in [-0.15, -0.1) is 0 Å². The van der Waals surface area contributed by atoms with Crippen LogP contribution in [0.1, 0.15) is 35.7 Å². The Morgan fingerprint density at radius 1 is 0.938 bits per heavy atom. The summed E-state index contributed by atoms with van der Waals surface area (Å²) in [6, 6.07) is 10.5. The lowest BCUT2D eigenvalue weighted by molar-refractivity contribution is -0.123. The highest BCUT2D eigenvalue weighted by molar-refractivity contribution is 7.80. The van der Waals surface area contributed by atoms with E-state index in [1.54, 1.807) is 12.1 Å². The molecule has 3 N–H and O–H groups in total. The molecule has 0 aliphatic rings. The Hall–Kier alpha value is -3.53. The third-order valence-electron chi connectivity index (χ3n) is 4.39. The minimum atomic E-state index is -0.530. The second kappa shape index (κ2) is 11.8. The van der Waals surface area contributed by atoms with E-state index >= 15 is 0 Å². The number of methoxy groups -OCH3 is 3. The maximum atomic E-state index is 12.5. The van der Waals surface area contributed by atoms with Gasteiger partial charge in [0.1, 0.15) is 5.75 Å². The largest absolute Gasteiger partial charge is 0.493 e. The molecule has 0 aliphatic carbocycles. The van der Waals surface area contributed by atoms with Crippen LogP contribution in [0.2, 0.25) is 0 Å². The molecule has 0 aliphatic heterocycles. The molecule has 0 heterocycles. The van der Waals surface area contributed by atoms with E-state index in [1.807, 2.05) is 12.1 Å². The minimum Gasteiger partial charge on any atom is -0.493 e. The quantitative estimate of drug-likeness (QED) is 0.407. The first-order chi connectivity index (χ1) is 15.3. The van der Waals surface area contributed by atoms with Gasteiger partial charge in [0.05, 0.1) is 21.3 Å². The van der Waals surface area contributed by atoms with Crippen LogP contribution in [0, 0.1) is 0 Å². The van der Waals surface area contributed by atoms with E-state index in [-0.39, 0.29) is 17.3 Å². The number of benzene rings is 2. The van der Waals surface area contributed by atoms with E-state index in [0.717, 1.165) is 0 Å². The standard InChI is InChI=1S/C22H27N3O6S/c1-13(2)14-6-8-16(9-7-14)31-12-19(26)24-25-22(32)23-21(27)15-10-17(28-3)20(30-5)18(11-15)29-4/h6-11,13H,12H2,1-5H3,(H,24,26)(H2,23,25,27,32). The fourth-order valence-electron chi connectivity index (χ4n) is 2.68. The molecule has 10 heteroatoms.